The van der Waals surface area contributed by atoms with Crippen LogP contribution in [-0.2, 0) is 16.1 Å². The quantitative estimate of drug-likeness (QED) is 0.786. The minimum Gasteiger partial charge on any atom is -0.322 e. The Kier molecular flexibility index (Phi) is 5.68. The summed E-state index contributed by atoms with van der Waals surface area (Å²) >= 11 is 0. The smallest absolute Gasteiger partial charge is 0.322 e. The predicted octanol–water partition coefficient (Wildman–Crippen LogP) is 1.78. The Labute approximate surface area is 153 Å². The Balaban J connectivity index is 1.71. The minimum atomic E-state index is -1.11. The van der Waals surface area contributed by atoms with E-state index in [1.807, 2.05) is 35.3 Å². The molecule has 7 nitrogen and oxygen atoms in total. The average Bonchev–Trinajstić information content (AvgIpc) is 2.88. The molecule has 0 aliphatic carbocycles. The maximum absolute atomic E-state index is 12.8. The summed E-state index contributed by atoms with van der Waals surface area (Å²) in [6, 6.07) is 8.50. The average molecular weight is 356 g/mol. The van der Waals surface area contributed by atoms with E-state index in [-0.39, 0.29) is 6.54 Å². The molecule has 7 heteroatoms. The number of urea groups is 1. The first-order valence-corrected chi connectivity index (χ1v) is 8.97. The fourth-order valence-corrected chi connectivity index (χ4v) is 3.29. The summed E-state index contributed by atoms with van der Waals surface area (Å²) in [4.78, 5) is 38.3. The van der Waals surface area contributed by atoms with Crippen LogP contribution in [-0.4, -0.2) is 40.8 Å². The zero-order valence-corrected chi connectivity index (χ0v) is 14.7. The Bertz CT molecular complexity index is 696. The molecule has 2 heterocycles. The molecule has 0 aromatic heterocycles. The van der Waals surface area contributed by atoms with Gasteiger partial charge in [0.05, 0.1) is 6.54 Å². The summed E-state index contributed by atoms with van der Waals surface area (Å²) in [5.41, 5.74) is 4.23. The second kappa shape index (κ2) is 8.14. The van der Waals surface area contributed by atoms with E-state index >= 15 is 0 Å². The highest BCUT2D eigenvalue weighted by Gasteiger charge is 2.42. The number of nitrogens with one attached hydrogen (secondary N) is 2. The molecule has 138 valence electrons. The Morgan fingerprint density at radius 1 is 1.08 bits per heavy atom. The topological polar surface area (TPSA) is 81.8 Å². The van der Waals surface area contributed by atoms with Crippen molar-refractivity contribution >= 4 is 17.8 Å². The third-order valence-corrected chi connectivity index (χ3v) is 4.69. The molecule has 2 aliphatic heterocycles. The molecule has 0 saturated carbocycles. The third-order valence-electron chi connectivity index (χ3n) is 4.69. The zero-order chi connectivity index (χ0) is 18.5. The van der Waals surface area contributed by atoms with Gasteiger partial charge in [0.2, 0.25) is 11.8 Å². The van der Waals surface area contributed by atoms with Crippen LogP contribution in [0.1, 0.15) is 31.2 Å². The van der Waals surface area contributed by atoms with Crippen molar-refractivity contribution in [3.63, 3.8) is 0 Å². The van der Waals surface area contributed by atoms with E-state index in [9.17, 15) is 14.4 Å². The van der Waals surface area contributed by atoms with Gasteiger partial charge >= 0.3 is 6.03 Å². The van der Waals surface area contributed by atoms with E-state index < -0.39 is 23.8 Å². The predicted molar refractivity (Wildman–Crippen MR) is 96.3 cm³/mol. The molecule has 0 spiro atoms. The van der Waals surface area contributed by atoms with Gasteiger partial charge in [0.1, 0.15) is 0 Å². The van der Waals surface area contributed by atoms with Gasteiger partial charge in [-0.15, -0.1) is 0 Å². The van der Waals surface area contributed by atoms with Gasteiger partial charge in [-0.2, -0.15) is 0 Å². The third kappa shape index (κ3) is 4.11. The SMILES string of the molecule is C=C(NN1CCCCCC1)[C@H]1C(=O)NC(=O)N(Cc2ccccc2)C1=O. The van der Waals surface area contributed by atoms with Crippen LogP contribution in [0.2, 0.25) is 0 Å². The molecule has 26 heavy (non-hydrogen) atoms. The van der Waals surface area contributed by atoms with E-state index in [2.05, 4.69) is 17.3 Å². The van der Waals surface area contributed by atoms with Gasteiger partial charge < -0.3 is 5.43 Å². The van der Waals surface area contributed by atoms with Crippen molar-refractivity contribution < 1.29 is 14.4 Å². The van der Waals surface area contributed by atoms with Gasteiger partial charge in [-0.3, -0.25) is 19.8 Å². The number of benzene rings is 1. The number of rotatable bonds is 5. The Morgan fingerprint density at radius 2 is 1.73 bits per heavy atom. The lowest BCUT2D eigenvalue weighted by Crippen LogP contribution is -2.59. The summed E-state index contributed by atoms with van der Waals surface area (Å²) in [6.45, 7) is 5.70. The van der Waals surface area contributed by atoms with E-state index in [4.69, 9.17) is 0 Å². The van der Waals surface area contributed by atoms with E-state index in [1.54, 1.807) is 0 Å². The van der Waals surface area contributed by atoms with Crippen LogP contribution in [0.5, 0.6) is 0 Å². The maximum Gasteiger partial charge on any atom is 0.331 e. The summed E-state index contributed by atoms with van der Waals surface area (Å²) in [5, 5.41) is 4.26. The monoisotopic (exact) mass is 356 g/mol. The normalized spacial score (nSPS) is 21.9. The molecule has 0 unspecified atom stereocenters. The first-order valence-electron chi connectivity index (χ1n) is 8.97. The molecule has 2 saturated heterocycles. The molecule has 0 bridgehead atoms. The summed E-state index contributed by atoms with van der Waals surface area (Å²) in [7, 11) is 0. The molecule has 1 aromatic carbocycles. The van der Waals surface area contributed by atoms with Crippen LogP contribution in [0, 0.1) is 5.92 Å². The van der Waals surface area contributed by atoms with E-state index in [1.165, 1.54) is 12.8 Å². The molecule has 2 fully saturated rings. The number of carbonyl (C=O) groups excluding carboxylic acids is 3. The van der Waals surface area contributed by atoms with Crippen LogP contribution in [0.25, 0.3) is 0 Å². The van der Waals surface area contributed by atoms with Gasteiger partial charge in [-0.05, 0) is 18.4 Å². The molecule has 1 atom stereocenters. The zero-order valence-electron chi connectivity index (χ0n) is 14.7. The lowest BCUT2D eigenvalue weighted by molar-refractivity contribution is -0.141. The maximum atomic E-state index is 12.8. The molecule has 2 N–H and O–H groups in total. The summed E-state index contributed by atoms with van der Waals surface area (Å²) < 4.78 is 0. The molecule has 4 amide bonds. The Hall–Kier alpha value is -2.67. The van der Waals surface area contributed by atoms with Crippen LogP contribution in [0.3, 0.4) is 0 Å². The van der Waals surface area contributed by atoms with Crippen molar-refractivity contribution in [2.75, 3.05) is 13.1 Å². The summed E-state index contributed by atoms with van der Waals surface area (Å²) in [5.74, 6) is -2.29. The van der Waals surface area contributed by atoms with Crippen molar-refractivity contribution in [1.82, 2.24) is 20.7 Å². The number of barbiturate groups is 1. The number of hydrogen-bond acceptors (Lipinski definition) is 5. The number of hydrazine groups is 1. The second-order valence-electron chi connectivity index (χ2n) is 6.68. The van der Waals surface area contributed by atoms with Crippen LogP contribution in [0.4, 0.5) is 4.79 Å². The van der Waals surface area contributed by atoms with Gasteiger partial charge in [-0.25, -0.2) is 9.80 Å². The van der Waals surface area contributed by atoms with Crippen LogP contribution < -0.4 is 10.7 Å². The van der Waals surface area contributed by atoms with Gasteiger partial charge in [0.25, 0.3) is 0 Å². The molecular weight excluding hydrogens is 332 g/mol. The van der Waals surface area contributed by atoms with E-state index in [0.717, 1.165) is 36.4 Å². The second-order valence-corrected chi connectivity index (χ2v) is 6.68. The first kappa shape index (κ1) is 18.1. The van der Waals surface area contributed by atoms with Gasteiger partial charge in [0, 0.05) is 18.8 Å². The number of nitrogens with zero attached hydrogens (tertiary/aromatic N) is 2. The lowest BCUT2D eigenvalue weighted by atomic mass is 10.0. The highest BCUT2D eigenvalue weighted by atomic mass is 16.2. The van der Waals surface area contributed by atoms with Gasteiger partial charge in [-0.1, -0.05) is 49.8 Å². The molecule has 3 rings (SSSR count). The Morgan fingerprint density at radius 3 is 2.38 bits per heavy atom. The fraction of sp³-hybridized carbons (Fsp3) is 0.421. The van der Waals surface area contributed by atoms with Crippen molar-refractivity contribution in [2.45, 2.75) is 32.2 Å². The number of amides is 4. The van der Waals surface area contributed by atoms with Crippen molar-refractivity contribution in [2.24, 2.45) is 5.92 Å². The minimum absolute atomic E-state index is 0.117. The highest BCUT2D eigenvalue weighted by molar-refractivity contribution is 6.17. The summed E-state index contributed by atoms with van der Waals surface area (Å²) in [6.07, 6.45) is 4.47. The van der Waals surface area contributed by atoms with E-state index in [0.29, 0.717) is 5.70 Å². The highest BCUT2D eigenvalue weighted by Crippen LogP contribution is 2.19. The van der Waals surface area contributed by atoms with Crippen molar-refractivity contribution in [3.05, 3.63) is 48.2 Å². The first-order chi connectivity index (χ1) is 12.6. The fourth-order valence-electron chi connectivity index (χ4n) is 3.29. The number of imide groups is 2. The largest absolute Gasteiger partial charge is 0.331 e. The molecule has 1 aromatic rings. The number of carbonyl (C=O) groups is 3. The molecule has 0 radical (unpaired) electrons. The van der Waals surface area contributed by atoms with Crippen LogP contribution >= 0.6 is 0 Å². The van der Waals surface area contributed by atoms with Crippen molar-refractivity contribution in [3.8, 4) is 0 Å². The molecular formula is C19H24N4O3. The number of hydrogen-bond donors (Lipinski definition) is 2. The van der Waals surface area contributed by atoms with Crippen molar-refractivity contribution in [1.29, 1.82) is 0 Å². The van der Waals surface area contributed by atoms with Crippen LogP contribution in [0.15, 0.2) is 42.6 Å². The molecule has 2 aliphatic rings. The standard InChI is InChI=1S/C19H24N4O3/c1-14(21-22-11-7-2-3-8-12-22)16-17(24)20-19(26)23(18(16)25)13-15-9-5-4-6-10-15/h4-6,9-10,16,21H,1-3,7-8,11-13H2,(H,20,24,26)/t16-/m0/s1. The van der Waals surface area contributed by atoms with Gasteiger partial charge in [0.15, 0.2) is 5.92 Å². The lowest BCUT2D eigenvalue weighted by Gasteiger charge is -2.33.